The van der Waals surface area contributed by atoms with Crippen LogP contribution < -0.4 is 15.2 Å². The summed E-state index contributed by atoms with van der Waals surface area (Å²) < 4.78 is 12.5. The monoisotopic (exact) mass is 436 g/mol. The van der Waals surface area contributed by atoms with Gasteiger partial charge in [0.15, 0.2) is 0 Å². The van der Waals surface area contributed by atoms with Gasteiger partial charge < -0.3 is 15.2 Å². The Kier molecular flexibility index (Phi) is 4.80. The van der Waals surface area contributed by atoms with Crippen molar-refractivity contribution >= 4 is 15.9 Å². The molecule has 0 amide bonds. The van der Waals surface area contributed by atoms with Crippen LogP contribution in [0.1, 0.15) is 28.3 Å². The molecule has 7 heteroatoms. The fourth-order valence-corrected chi connectivity index (χ4v) is 3.70. The lowest BCUT2D eigenvalue weighted by Crippen LogP contribution is -2.21. The first-order valence-electron chi connectivity index (χ1n) is 8.67. The minimum atomic E-state index is -0.434. The fraction of sp³-hybridized carbons (Fsp3) is 0.143. The van der Waals surface area contributed by atoms with Crippen molar-refractivity contribution in [2.24, 2.45) is 5.73 Å². The molecule has 0 saturated carbocycles. The topological polar surface area (TPSA) is 97.0 Å². The van der Waals surface area contributed by atoms with E-state index in [4.69, 9.17) is 15.2 Å². The van der Waals surface area contributed by atoms with E-state index in [0.717, 1.165) is 26.9 Å². The van der Waals surface area contributed by atoms with Crippen LogP contribution in [0.4, 0.5) is 0 Å². The number of nitrogens with two attached hydrogens (primary N) is 1. The first-order valence-corrected chi connectivity index (χ1v) is 9.46. The van der Waals surface area contributed by atoms with E-state index in [1.54, 1.807) is 0 Å². The standard InChI is InChI=1S/C21H17BrN4O2/c1-12-18-19(16(10-23)20(24)28-21(18)26-25-12)15-9-14(22)7-8-17(15)27-11-13-5-3-2-4-6-13/h2-9,19H,11,24H2,1H3,(H,25,26)/t19-/m0/s1. The van der Waals surface area contributed by atoms with Crippen LogP contribution in [-0.2, 0) is 6.61 Å². The summed E-state index contributed by atoms with van der Waals surface area (Å²) in [4.78, 5) is 0. The number of fused-ring (bicyclic) bond motifs is 1. The van der Waals surface area contributed by atoms with Gasteiger partial charge in [-0.2, -0.15) is 5.26 Å². The van der Waals surface area contributed by atoms with Gasteiger partial charge in [-0.15, -0.1) is 5.10 Å². The van der Waals surface area contributed by atoms with E-state index >= 15 is 0 Å². The van der Waals surface area contributed by atoms with Crippen LogP contribution in [-0.4, -0.2) is 10.2 Å². The van der Waals surface area contributed by atoms with E-state index in [1.807, 2.05) is 55.5 Å². The molecule has 1 aliphatic heterocycles. The third-order valence-electron chi connectivity index (χ3n) is 4.65. The van der Waals surface area contributed by atoms with E-state index in [0.29, 0.717) is 23.8 Å². The summed E-state index contributed by atoms with van der Waals surface area (Å²) >= 11 is 3.52. The molecule has 0 aliphatic carbocycles. The number of nitriles is 1. The molecule has 6 nitrogen and oxygen atoms in total. The SMILES string of the molecule is Cc1[nH]nc2c1[C@@H](c1cc(Br)ccc1OCc1ccccc1)C(C#N)=C(N)O2. The summed E-state index contributed by atoms with van der Waals surface area (Å²) in [5.41, 5.74) is 9.83. The molecule has 0 saturated heterocycles. The normalized spacial score (nSPS) is 15.5. The van der Waals surface area contributed by atoms with Gasteiger partial charge in [-0.05, 0) is 30.7 Å². The molecule has 1 aromatic heterocycles. The number of allylic oxidation sites excluding steroid dienone is 1. The number of aromatic amines is 1. The maximum atomic E-state index is 9.76. The zero-order chi connectivity index (χ0) is 19.7. The highest BCUT2D eigenvalue weighted by molar-refractivity contribution is 9.10. The number of benzene rings is 2. The van der Waals surface area contributed by atoms with Gasteiger partial charge in [0.25, 0.3) is 0 Å². The Labute approximate surface area is 170 Å². The van der Waals surface area contributed by atoms with Crippen LogP contribution in [0.5, 0.6) is 11.6 Å². The number of aromatic nitrogens is 2. The van der Waals surface area contributed by atoms with Crippen LogP contribution in [0.25, 0.3) is 0 Å². The van der Waals surface area contributed by atoms with Crippen molar-refractivity contribution in [3.05, 3.63) is 86.8 Å². The van der Waals surface area contributed by atoms with Crippen LogP contribution in [0.2, 0.25) is 0 Å². The van der Waals surface area contributed by atoms with Crippen molar-refractivity contribution in [2.45, 2.75) is 19.4 Å². The second kappa shape index (κ2) is 7.41. The average molecular weight is 437 g/mol. The molecular weight excluding hydrogens is 420 g/mol. The Balaban J connectivity index is 1.80. The molecule has 1 aliphatic rings. The number of ether oxygens (including phenoxy) is 2. The summed E-state index contributed by atoms with van der Waals surface area (Å²) in [5, 5.41) is 16.9. The fourth-order valence-electron chi connectivity index (χ4n) is 3.32. The zero-order valence-electron chi connectivity index (χ0n) is 15.1. The second-order valence-electron chi connectivity index (χ2n) is 6.45. The molecule has 28 heavy (non-hydrogen) atoms. The minimum Gasteiger partial charge on any atom is -0.489 e. The van der Waals surface area contributed by atoms with Crippen LogP contribution in [0.15, 0.2) is 64.5 Å². The van der Waals surface area contributed by atoms with Gasteiger partial charge in [-0.3, -0.25) is 5.10 Å². The van der Waals surface area contributed by atoms with Gasteiger partial charge in [0.1, 0.15) is 24.0 Å². The van der Waals surface area contributed by atoms with Crippen molar-refractivity contribution in [1.82, 2.24) is 10.2 Å². The summed E-state index contributed by atoms with van der Waals surface area (Å²) in [6, 6.07) is 17.8. The van der Waals surface area contributed by atoms with Crippen LogP contribution in [0, 0.1) is 18.3 Å². The minimum absolute atomic E-state index is 0.0560. The molecule has 0 fully saturated rings. The Bertz CT molecular complexity index is 1100. The number of nitrogens with zero attached hydrogens (tertiary/aromatic N) is 2. The number of nitrogens with one attached hydrogen (secondary N) is 1. The van der Waals surface area contributed by atoms with Crippen LogP contribution >= 0.6 is 15.9 Å². The molecular formula is C21H17BrN4O2. The first-order chi connectivity index (χ1) is 13.6. The maximum absolute atomic E-state index is 9.76. The molecule has 2 aromatic carbocycles. The lowest BCUT2D eigenvalue weighted by atomic mass is 9.83. The zero-order valence-corrected chi connectivity index (χ0v) is 16.7. The van der Waals surface area contributed by atoms with Gasteiger partial charge >= 0.3 is 0 Å². The quantitative estimate of drug-likeness (QED) is 0.635. The molecule has 140 valence electrons. The van der Waals surface area contributed by atoms with Gasteiger partial charge in [0.05, 0.1) is 5.92 Å². The number of H-pyrrole nitrogens is 1. The lowest BCUT2D eigenvalue weighted by Gasteiger charge is -2.25. The van der Waals surface area contributed by atoms with Crippen molar-refractivity contribution in [3.63, 3.8) is 0 Å². The summed E-state index contributed by atoms with van der Waals surface area (Å²) in [6.45, 7) is 2.30. The van der Waals surface area contributed by atoms with Gasteiger partial charge in [0, 0.05) is 21.3 Å². The molecule has 0 unspecified atom stereocenters. The predicted molar refractivity (Wildman–Crippen MR) is 108 cm³/mol. The van der Waals surface area contributed by atoms with Crippen molar-refractivity contribution in [2.75, 3.05) is 0 Å². The average Bonchev–Trinajstić information content (AvgIpc) is 3.07. The van der Waals surface area contributed by atoms with E-state index in [1.165, 1.54) is 0 Å². The second-order valence-corrected chi connectivity index (χ2v) is 7.36. The molecule has 0 spiro atoms. The number of hydrogen-bond acceptors (Lipinski definition) is 5. The molecule has 0 radical (unpaired) electrons. The first kappa shape index (κ1) is 18.1. The summed E-state index contributed by atoms with van der Waals surface area (Å²) in [5.74, 6) is 0.676. The van der Waals surface area contributed by atoms with Crippen molar-refractivity contribution in [3.8, 4) is 17.7 Å². The highest BCUT2D eigenvalue weighted by Crippen LogP contribution is 2.46. The Morgan fingerprint density at radius 2 is 2.07 bits per heavy atom. The maximum Gasteiger partial charge on any atom is 0.244 e. The number of halogens is 1. The Morgan fingerprint density at radius 1 is 1.29 bits per heavy atom. The molecule has 0 bridgehead atoms. The third-order valence-corrected chi connectivity index (χ3v) is 5.14. The number of aryl methyl sites for hydroxylation is 1. The van der Waals surface area contributed by atoms with Gasteiger partial charge in [-0.1, -0.05) is 46.3 Å². The molecule has 2 heterocycles. The summed E-state index contributed by atoms with van der Waals surface area (Å²) in [7, 11) is 0. The number of hydrogen-bond donors (Lipinski definition) is 2. The molecule has 3 N–H and O–H groups in total. The highest BCUT2D eigenvalue weighted by atomic mass is 79.9. The summed E-state index contributed by atoms with van der Waals surface area (Å²) in [6.07, 6.45) is 0. The molecule has 4 rings (SSSR count). The smallest absolute Gasteiger partial charge is 0.244 e. The highest BCUT2D eigenvalue weighted by Gasteiger charge is 2.36. The lowest BCUT2D eigenvalue weighted by molar-refractivity contribution is 0.301. The van der Waals surface area contributed by atoms with Crippen molar-refractivity contribution in [1.29, 1.82) is 5.26 Å². The molecule has 3 aromatic rings. The third kappa shape index (κ3) is 3.23. The van der Waals surface area contributed by atoms with Crippen LogP contribution in [0.3, 0.4) is 0 Å². The van der Waals surface area contributed by atoms with Crippen molar-refractivity contribution < 1.29 is 9.47 Å². The van der Waals surface area contributed by atoms with E-state index < -0.39 is 5.92 Å². The van der Waals surface area contributed by atoms with Gasteiger partial charge in [-0.25, -0.2) is 0 Å². The molecule has 1 atom stereocenters. The van der Waals surface area contributed by atoms with E-state index in [-0.39, 0.29) is 5.88 Å². The van der Waals surface area contributed by atoms with E-state index in [9.17, 15) is 5.26 Å². The number of rotatable bonds is 4. The Hall–Kier alpha value is -3.24. The van der Waals surface area contributed by atoms with E-state index in [2.05, 4.69) is 32.2 Å². The largest absolute Gasteiger partial charge is 0.489 e. The predicted octanol–water partition coefficient (Wildman–Crippen LogP) is 4.28. The van der Waals surface area contributed by atoms with Gasteiger partial charge in [0.2, 0.25) is 11.8 Å². The Morgan fingerprint density at radius 3 is 2.82 bits per heavy atom.